The summed E-state index contributed by atoms with van der Waals surface area (Å²) in [6, 6.07) is -0.894. The Balaban J connectivity index is 4.26. The summed E-state index contributed by atoms with van der Waals surface area (Å²) in [5, 5.41) is 13.9. The summed E-state index contributed by atoms with van der Waals surface area (Å²) in [6.07, 6.45) is 68.2. The first-order valence-electron chi connectivity index (χ1n) is 28.3. The van der Waals surface area contributed by atoms with E-state index in [1.807, 2.05) is 27.2 Å². The lowest BCUT2D eigenvalue weighted by Crippen LogP contribution is -2.45. The smallest absolute Gasteiger partial charge is 0.268 e. The number of allylic oxidation sites excluding steroid dienone is 11. The fourth-order valence-electron chi connectivity index (χ4n) is 8.00. The predicted octanol–water partition coefficient (Wildman–Crippen LogP) is 16.5. The van der Waals surface area contributed by atoms with Crippen molar-refractivity contribution in [2.45, 2.75) is 257 Å². The van der Waals surface area contributed by atoms with E-state index in [1.165, 1.54) is 148 Å². The van der Waals surface area contributed by atoms with E-state index < -0.39 is 20.0 Å². The monoisotopic (exact) mass is 973 g/mol. The van der Waals surface area contributed by atoms with Crippen LogP contribution in [0.5, 0.6) is 0 Å². The summed E-state index contributed by atoms with van der Waals surface area (Å²) in [7, 11) is 1.25. The number of hydrogen-bond acceptors (Lipinski definition) is 6. The predicted molar refractivity (Wildman–Crippen MR) is 293 cm³/mol. The summed E-state index contributed by atoms with van der Waals surface area (Å²) in [5.74, 6) is -0.205. The van der Waals surface area contributed by atoms with E-state index in [1.54, 1.807) is 6.08 Å². The molecule has 0 aromatic rings. The molecule has 0 fully saturated rings. The zero-order valence-electron chi connectivity index (χ0n) is 45.0. The third kappa shape index (κ3) is 51.8. The van der Waals surface area contributed by atoms with Gasteiger partial charge in [-0.25, -0.2) is 0 Å². The third-order valence-electron chi connectivity index (χ3n) is 12.4. The standard InChI is InChI=1S/C59H109N2O6P/c1-6-8-10-12-14-16-18-20-22-24-26-28-29-30-31-33-35-37-39-41-43-45-47-49-51-53-59(63)60-57(56-67-68(64,65)66-55-54-61(3,4)5)58(62)52-50-48-46-44-42-40-38-36-34-32-27-25-23-21-19-17-15-13-11-9-7-2/h8,10,14,16,20,22,26,28,30-31,50,52,57-58,62H,6-7,9,11-13,15,17-19,21,23-25,27,29,32-49,51,53-56H2,1-5H3,(H-,60,63,64,65)/b10-8-,16-14-,22-20-,28-26-,31-30-,52-50+. The number of phosphoric ester groups is 1. The highest BCUT2D eigenvalue weighted by atomic mass is 31.2. The zero-order valence-corrected chi connectivity index (χ0v) is 45.9. The summed E-state index contributed by atoms with van der Waals surface area (Å²) >= 11 is 0. The van der Waals surface area contributed by atoms with Crippen LogP contribution in [0.25, 0.3) is 0 Å². The van der Waals surface area contributed by atoms with E-state index in [9.17, 15) is 19.4 Å². The van der Waals surface area contributed by atoms with Crippen LogP contribution in [0.3, 0.4) is 0 Å². The van der Waals surface area contributed by atoms with Crippen LogP contribution in [0.2, 0.25) is 0 Å². The Morgan fingerprint density at radius 1 is 0.529 bits per heavy atom. The molecule has 9 heteroatoms. The largest absolute Gasteiger partial charge is 0.756 e. The Bertz CT molecular complexity index is 1330. The first-order chi connectivity index (χ1) is 33.0. The number of quaternary nitrogens is 1. The van der Waals surface area contributed by atoms with Crippen LogP contribution in [0.4, 0.5) is 0 Å². The lowest BCUT2D eigenvalue weighted by molar-refractivity contribution is -0.870. The van der Waals surface area contributed by atoms with Crippen LogP contribution in [0.15, 0.2) is 72.9 Å². The highest BCUT2D eigenvalue weighted by Gasteiger charge is 2.23. The van der Waals surface area contributed by atoms with E-state index in [4.69, 9.17) is 9.05 Å². The lowest BCUT2D eigenvalue weighted by atomic mass is 10.0. The molecule has 0 saturated carbocycles. The molecule has 0 bridgehead atoms. The number of likely N-dealkylation sites (N-methyl/N-ethyl adjacent to an activating group) is 1. The summed E-state index contributed by atoms with van der Waals surface area (Å²) in [4.78, 5) is 25.5. The van der Waals surface area contributed by atoms with Gasteiger partial charge < -0.3 is 28.8 Å². The second kappa shape index (κ2) is 49.9. The fraction of sp³-hybridized carbons (Fsp3) is 0.780. The Kier molecular flexibility index (Phi) is 48.4. The molecule has 0 radical (unpaired) electrons. The van der Waals surface area contributed by atoms with Crippen LogP contribution in [0, 0.1) is 0 Å². The summed E-state index contributed by atoms with van der Waals surface area (Å²) < 4.78 is 23.3. The van der Waals surface area contributed by atoms with Crippen LogP contribution < -0.4 is 10.2 Å². The van der Waals surface area contributed by atoms with Gasteiger partial charge in [0.15, 0.2) is 0 Å². The molecule has 8 nitrogen and oxygen atoms in total. The zero-order chi connectivity index (χ0) is 49.9. The van der Waals surface area contributed by atoms with Gasteiger partial charge in [0.25, 0.3) is 7.82 Å². The van der Waals surface area contributed by atoms with E-state index in [2.05, 4.69) is 79.9 Å². The molecule has 0 spiro atoms. The molecule has 3 unspecified atom stereocenters. The Hall–Kier alpha value is -2.06. The van der Waals surface area contributed by atoms with Gasteiger partial charge in [-0.15, -0.1) is 0 Å². The molecule has 0 aromatic carbocycles. The van der Waals surface area contributed by atoms with Gasteiger partial charge in [-0.3, -0.25) is 9.36 Å². The molecule has 2 N–H and O–H groups in total. The van der Waals surface area contributed by atoms with E-state index in [-0.39, 0.29) is 19.1 Å². The van der Waals surface area contributed by atoms with Crippen molar-refractivity contribution < 1.29 is 32.9 Å². The minimum Gasteiger partial charge on any atom is -0.756 e. The minimum absolute atomic E-state index is 0.00495. The average molecular weight is 974 g/mol. The number of amides is 1. The maximum absolute atomic E-state index is 13.0. The Labute approximate surface area is 421 Å². The number of hydrogen-bond donors (Lipinski definition) is 2. The normalized spacial score (nSPS) is 14.5. The average Bonchev–Trinajstić information content (AvgIpc) is 3.30. The number of carbonyl (C=O) groups excluding carboxylic acids is 1. The van der Waals surface area contributed by atoms with Crippen molar-refractivity contribution in [1.29, 1.82) is 0 Å². The molecule has 1 amide bonds. The van der Waals surface area contributed by atoms with Gasteiger partial charge in [-0.2, -0.15) is 0 Å². The van der Waals surface area contributed by atoms with Crippen molar-refractivity contribution >= 4 is 13.7 Å². The number of nitrogens with zero attached hydrogens (tertiary/aromatic N) is 1. The summed E-state index contributed by atoms with van der Waals surface area (Å²) in [5.41, 5.74) is 0. The van der Waals surface area contributed by atoms with Crippen molar-refractivity contribution in [3.8, 4) is 0 Å². The second-order valence-electron chi connectivity index (χ2n) is 20.3. The van der Waals surface area contributed by atoms with E-state index in [0.29, 0.717) is 17.4 Å². The molecular formula is C59H109N2O6P. The highest BCUT2D eigenvalue weighted by Crippen LogP contribution is 2.38. The number of nitrogens with one attached hydrogen (secondary N) is 1. The van der Waals surface area contributed by atoms with Crippen LogP contribution >= 0.6 is 7.82 Å². The molecule has 0 saturated heterocycles. The minimum atomic E-state index is -4.60. The number of unbranched alkanes of at least 4 members (excludes halogenated alkanes) is 28. The molecule has 3 atom stereocenters. The van der Waals surface area contributed by atoms with Gasteiger partial charge in [0.05, 0.1) is 39.9 Å². The molecule has 0 aliphatic rings. The van der Waals surface area contributed by atoms with Crippen molar-refractivity contribution in [3.63, 3.8) is 0 Å². The maximum atomic E-state index is 13.0. The molecule has 0 rings (SSSR count). The molecule has 0 aliphatic heterocycles. The highest BCUT2D eigenvalue weighted by molar-refractivity contribution is 7.45. The molecular weight excluding hydrogens is 864 g/mol. The number of aliphatic hydroxyl groups excluding tert-OH is 1. The van der Waals surface area contributed by atoms with Gasteiger partial charge in [0.2, 0.25) is 5.91 Å². The topological polar surface area (TPSA) is 108 Å². The number of phosphoric acid groups is 1. The first kappa shape index (κ1) is 65.9. The van der Waals surface area contributed by atoms with Gasteiger partial charge in [-0.1, -0.05) is 247 Å². The summed E-state index contributed by atoms with van der Waals surface area (Å²) in [6.45, 7) is 4.55. The Morgan fingerprint density at radius 3 is 1.31 bits per heavy atom. The van der Waals surface area contributed by atoms with Crippen LogP contribution in [-0.4, -0.2) is 68.5 Å². The second-order valence-corrected chi connectivity index (χ2v) is 21.7. The fourth-order valence-corrected chi connectivity index (χ4v) is 8.73. The van der Waals surface area contributed by atoms with E-state index in [0.717, 1.165) is 77.0 Å². The Morgan fingerprint density at radius 2 is 0.897 bits per heavy atom. The van der Waals surface area contributed by atoms with Crippen molar-refractivity contribution in [2.75, 3.05) is 40.9 Å². The number of carbonyl (C=O) groups is 1. The van der Waals surface area contributed by atoms with Gasteiger partial charge in [0, 0.05) is 6.42 Å². The van der Waals surface area contributed by atoms with Crippen LogP contribution in [-0.2, 0) is 18.4 Å². The van der Waals surface area contributed by atoms with Gasteiger partial charge >= 0.3 is 0 Å². The first-order valence-corrected chi connectivity index (χ1v) is 29.8. The molecule has 68 heavy (non-hydrogen) atoms. The maximum Gasteiger partial charge on any atom is 0.268 e. The molecule has 0 aliphatic carbocycles. The molecule has 0 heterocycles. The van der Waals surface area contributed by atoms with Gasteiger partial charge in [0.1, 0.15) is 13.2 Å². The van der Waals surface area contributed by atoms with Crippen molar-refractivity contribution in [1.82, 2.24) is 5.32 Å². The van der Waals surface area contributed by atoms with Gasteiger partial charge in [-0.05, 0) is 64.2 Å². The van der Waals surface area contributed by atoms with E-state index >= 15 is 0 Å². The van der Waals surface area contributed by atoms with Crippen molar-refractivity contribution in [2.24, 2.45) is 0 Å². The molecule has 396 valence electrons. The number of rotatable bonds is 51. The van der Waals surface area contributed by atoms with Crippen molar-refractivity contribution in [3.05, 3.63) is 72.9 Å². The van der Waals surface area contributed by atoms with Crippen LogP contribution in [0.1, 0.15) is 245 Å². The third-order valence-corrected chi connectivity index (χ3v) is 13.4. The molecule has 0 aromatic heterocycles. The lowest BCUT2D eigenvalue weighted by Gasteiger charge is -2.29. The quantitative estimate of drug-likeness (QED) is 0.0272. The SMILES string of the molecule is CC/C=C\C/C=C\C/C=C\C/C=C\C/C=C\CCCCCCCCCCCC(=O)NC(COP(=O)([O-])OCC[N+](C)(C)C)C(O)/C=C/CCCCCCCCCCCCCCCCCCCCC. The number of aliphatic hydroxyl groups is 1.